The van der Waals surface area contributed by atoms with Crippen LogP contribution in [0.5, 0.6) is 0 Å². The average Bonchev–Trinajstić information content (AvgIpc) is 2.89. The van der Waals surface area contributed by atoms with Crippen molar-refractivity contribution in [2.24, 2.45) is 11.8 Å². The molecule has 1 aromatic rings. The molecule has 0 spiro atoms. The Labute approximate surface area is 120 Å². The summed E-state index contributed by atoms with van der Waals surface area (Å²) in [6.07, 6.45) is 6.35. The fraction of sp³-hybridized carbons (Fsp3) is 0.800. The quantitative estimate of drug-likeness (QED) is 0.871. The van der Waals surface area contributed by atoms with Gasteiger partial charge in [0.25, 0.3) is 0 Å². The van der Waals surface area contributed by atoms with E-state index in [1.165, 1.54) is 22.7 Å². The molecule has 0 amide bonds. The second-order valence-electron chi connectivity index (χ2n) is 6.27. The van der Waals surface area contributed by atoms with Gasteiger partial charge in [0, 0.05) is 30.6 Å². The molecule has 1 aliphatic rings. The van der Waals surface area contributed by atoms with Gasteiger partial charge in [-0.1, -0.05) is 20.3 Å². The van der Waals surface area contributed by atoms with E-state index in [1.807, 2.05) is 17.5 Å². The minimum Gasteiger partial charge on any atom is -0.393 e. The van der Waals surface area contributed by atoms with Crippen LogP contribution in [0.25, 0.3) is 0 Å². The zero-order chi connectivity index (χ0) is 13.8. The first-order valence-electron chi connectivity index (χ1n) is 7.34. The van der Waals surface area contributed by atoms with E-state index in [1.54, 1.807) is 0 Å². The van der Waals surface area contributed by atoms with Crippen molar-refractivity contribution in [1.82, 2.24) is 9.88 Å². The normalized spacial score (nSPS) is 23.7. The number of aromatic nitrogens is 1. The fourth-order valence-electron chi connectivity index (χ4n) is 2.83. The molecule has 0 aliphatic heterocycles. The van der Waals surface area contributed by atoms with Crippen LogP contribution in [0.3, 0.4) is 0 Å². The number of aliphatic hydroxyl groups is 1. The lowest BCUT2D eigenvalue weighted by molar-refractivity contribution is 0.108. The van der Waals surface area contributed by atoms with E-state index in [9.17, 15) is 5.11 Å². The van der Waals surface area contributed by atoms with Crippen LogP contribution in [-0.4, -0.2) is 34.7 Å². The monoisotopic (exact) mass is 282 g/mol. The molecule has 1 saturated carbocycles. The standard InChI is InChI=1S/C15H26N2OS/c1-11(2)7-15-16-8-13(19-15)10-17(3)9-12-5-4-6-14(12)18/h8,11-12,14,18H,4-7,9-10H2,1-3H3. The second kappa shape index (κ2) is 6.82. The number of thiazole rings is 1. The van der Waals surface area contributed by atoms with Gasteiger partial charge in [-0.3, -0.25) is 0 Å². The number of aliphatic hydroxyl groups excluding tert-OH is 1. The Morgan fingerprint density at radius 1 is 1.47 bits per heavy atom. The van der Waals surface area contributed by atoms with E-state index in [2.05, 4.69) is 30.8 Å². The number of nitrogens with zero attached hydrogens (tertiary/aromatic N) is 2. The summed E-state index contributed by atoms with van der Waals surface area (Å²) in [5.74, 6) is 1.14. The molecule has 0 aromatic carbocycles. The van der Waals surface area contributed by atoms with E-state index >= 15 is 0 Å². The van der Waals surface area contributed by atoms with Gasteiger partial charge in [-0.25, -0.2) is 4.98 Å². The molecular formula is C15H26N2OS. The first-order valence-corrected chi connectivity index (χ1v) is 8.16. The van der Waals surface area contributed by atoms with E-state index in [4.69, 9.17) is 0 Å². The summed E-state index contributed by atoms with van der Waals surface area (Å²) in [6.45, 7) is 6.42. The van der Waals surface area contributed by atoms with E-state index in [0.717, 1.165) is 25.9 Å². The predicted octanol–water partition coefficient (Wildman–Crippen LogP) is 2.93. The lowest BCUT2D eigenvalue weighted by Crippen LogP contribution is -2.29. The Morgan fingerprint density at radius 3 is 2.89 bits per heavy atom. The molecule has 0 saturated heterocycles. The van der Waals surface area contributed by atoms with Gasteiger partial charge < -0.3 is 10.0 Å². The Morgan fingerprint density at radius 2 is 2.26 bits per heavy atom. The van der Waals surface area contributed by atoms with Crippen molar-refractivity contribution < 1.29 is 5.11 Å². The first kappa shape index (κ1) is 14.9. The third-order valence-electron chi connectivity index (χ3n) is 3.78. The molecule has 1 fully saturated rings. The molecule has 19 heavy (non-hydrogen) atoms. The molecule has 4 heteroatoms. The van der Waals surface area contributed by atoms with Crippen LogP contribution in [0.2, 0.25) is 0 Å². The molecule has 1 heterocycles. The summed E-state index contributed by atoms with van der Waals surface area (Å²) < 4.78 is 0. The highest BCUT2D eigenvalue weighted by molar-refractivity contribution is 7.11. The van der Waals surface area contributed by atoms with Gasteiger partial charge in [0.2, 0.25) is 0 Å². The fourth-order valence-corrected chi connectivity index (χ4v) is 4.04. The van der Waals surface area contributed by atoms with Crippen LogP contribution >= 0.6 is 11.3 Å². The van der Waals surface area contributed by atoms with Gasteiger partial charge in [0.15, 0.2) is 0 Å². The van der Waals surface area contributed by atoms with Gasteiger partial charge in [0.1, 0.15) is 0 Å². The molecule has 1 aliphatic carbocycles. The maximum Gasteiger partial charge on any atom is 0.0930 e. The average molecular weight is 282 g/mol. The summed E-state index contributed by atoms with van der Waals surface area (Å²) in [4.78, 5) is 8.16. The van der Waals surface area contributed by atoms with Crippen molar-refractivity contribution in [3.63, 3.8) is 0 Å². The molecule has 2 atom stereocenters. The van der Waals surface area contributed by atoms with Crippen molar-refractivity contribution in [2.45, 2.75) is 52.2 Å². The number of hydrogen-bond acceptors (Lipinski definition) is 4. The lowest BCUT2D eigenvalue weighted by atomic mass is 10.1. The summed E-state index contributed by atoms with van der Waals surface area (Å²) in [7, 11) is 2.15. The van der Waals surface area contributed by atoms with Crippen LogP contribution in [0.15, 0.2) is 6.20 Å². The summed E-state index contributed by atoms with van der Waals surface area (Å²) in [5.41, 5.74) is 0. The highest BCUT2D eigenvalue weighted by atomic mass is 32.1. The van der Waals surface area contributed by atoms with Crippen LogP contribution < -0.4 is 0 Å². The molecule has 2 rings (SSSR count). The van der Waals surface area contributed by atoms with Crippen LogP contribution in [0.1, 0.15) is 43.0 Å². The molecule has 1 N–H and O–H groups in total. The van der Waals surface area contributed by atoms with E-state index in [0.29, 0.717) is 11.8 Å². The topological polar surface area (TPSA) is 36.4 Å². The summed E-state index contributed by atoms with van der Waals surface area (Å²) in [5, 5.41) is 11.1. The van der Waals surface area contributed by atoms with Gasteiger partial charge >= 0.3 is 0 Å². The highest BCUT2D eigenvalue weighted by Gasteiger charge is 2.26. The molecule has 2 unspecified atom stereocenters. The Kier molecular flexibility index (Phi) is 5.37. The number of hydrogen-bond donors (Lipinski definition) is 1. The molecule has 108 valence electrons. The minimum absolute atomic E-state index is 0.0830. The Hall–Kier alpha value is -0.450. The maximum absolute atomic E-state index is 9.87. The Bertz CT molecular complexity index is 391. The predicted molar refractivity (Wildman–Crippen MR) is 80.3 cm³/mol. The highest BCUT2D eigenvalue weighted by Crippen LogP contribution is 2.26. The maximum atomic E-state index is 9.87. The van der Waals surface area contributed by atoms with Gasteiger partial charge in [-0.05, 0) is 31.7 Å². The summed E-state index contributed by atoms with van der Waals surface area (Å²) in [6, 6.07) is 0. The first-order chi connectivity index (χ1) is 9.04. The van der Waals surface area contributed by atoms with E-state index < -0.39 is 0 Å². The molecule has 0 radical (unpaired) electrons. The Balaban J connectivity index is 1.81. The van der Waals surface area contributed by atoms with Crippen molar-refractivity contribution in [2.75, 3.05) is 13.6 Å². The number of rotatable bonds is 6. The van der Waals surface area contributed by atoms with Crippen molar-refractivity contribution >= 4 is 11.3 Å². The van der Waals surface area contributed by atoms with Gasteiger partial charge in [0.05, 0.1) is 11.1 Å². The van der Waals surface area contributed by atoms with E-state index in [-0.39, 0.29) is 6.10 Å². The van der Waals surface area contributed by atoms with Gasteiger partial charge in [-0.2, -0.15) is 0 Å². The largest absolute Gasteiger partial charge is 0.393 e. The zero-order valence-corrected chi connectivity index (χ0v) is 13.1. The second-order valence-corrected chi connectivity index (χ2v) is 7.47. The van der Waals surface area contributed by atoms with Crippen molar-refractivity contribution in [1.29, 1.82) is 0 Å². The molecule has 1 aromatic heterocycles. The van der Waals surface area contributed by atoms with Crippen LogP contribution in [0, 0.1) is 11.8 Å². The lowest BCUT2D eigenvalue weighted by Gasteiger charge is -2.22. The van der Waals surface area contributed by atoms with Crippen LogP contribution in [0.4, 0.5) is 0 Å². The van der Waals surface area contributed by atoms with Crippen molar-refractivity contribution in [3.05, 3.63) is 16.1 Å². The molecular weight excluding hydrogens is 256 g/mol. The van der Waals surface area contributed by atoms with Gasteiger partial charge in [-0.15, -0.1) is 11.3 Å². The smallest absolute Gasteiger partial charge is 0.0930 e. The zero-order valence-electron chi connectivity index (χ0n) is 12.3. The van der Waals surface area contributed by atoms with Crippen LogP contribution in [-0.2, 0) is 13.0 Å². The third-order valence-corrected chi connectivity index (χ3v) is 4.78. The van der Waals surface area contributed by atoms with Crippen molar-refractivity contribution in [3.8, 4) is 0 Å². The molecule has 3 nitrogen and oxygen atoms in total. The SMILES string of the molecule is CC(C)Cc1ncc(CN(C)CC2CCCC2O)s1. The summed E-state index contributed by atoms with van der Waals surface area (Å²) >= 11 is 1.83. The third kappa shape index (κ3) is 4.55. The minimum atomic E-state index is -0.0830. The molecule has 0 bridgehead atoms.